The van der Waals surface area contributed by atoms with Crippen LogP contribution in [-0.2, 0) is 4.79 Å². The van der Waals surface area contributed by atoms with Gasteiger partial charge in [-0.25, -0.2) is 0 Å². The van der Waals surface area contributed by atoms with Crippen molar-refractivity contribution >= 4 is 23.2 Å². The molecule has 1 aromatic rings. The Balaban J connectivity index is 1.52. The molecule has 1 aromatic carbocycles. The number of hydrogen-bond donors (Lipinski definition) is 2. The maximum Gasteiger partial charge on any atom is 0.279 e. The normalized spacial score (nSPS) is 28.7. The third-order valence-electron chi connectivity index (χ3n) is 5.04. The number of nitrogens with one attached hydrogen (secondary N) is 2. The van der Waals surface area contributed by atoms with Gasteiger partial charge in [-0.3, -0.25) is 4.79 Å². The van der Waals surface area contributed by atoms with Gasteiger partial charge >= 0.3 is 0 Å². The molecule has 1 unspecified atom stereocenters. The van der Waals surface area contributed by atoms with E-state index in [4.69, 9.17) is 11.6 Å². The standard InChI is InChI=1S/C17H23ClN2O/c18-15-7-3-4-8-16(15)19-17(21)12-20-10-9-13-5-1-2-6-14(13)11-20/h3-4,7-8,13-14H,1-2,5-6,9-12H2,(H,19,21)/p+1/t13-,14+/m0/s1. The topological polar surface area (TPSA) is 33.5 Å². The minimum Gasteiger partial charge on any atom is -0.327 e. The molecule has 1 aliphatic heterocycles. The second-order valence-corrected chi connectivity index (χ2v) is 6.91. The second-order valence-electron chi connectivity index (χ2n) is 6.50. The highest BCUT2D eigenvalue weighted by molar-refractivity contribution is 6.33. The maximum absolute atomic E-state index is 12.2. The largest absolute Gasteiger partial charge is 0.327 e. The van der Waals surface area contributed by atoms with Gasteiger partial charge in [0.1, 0.15) is 0 Å². The number of carbonyl (C=O) groups excluding carboxylic acids is 1. The summed E-state index contributed by atoms with van der Waals surface area (Å²) in [4.78, 5) is 13.6. The highest BCUT2D eigenvalue weighted by Crippen LogP contribution is 2.32. The Morgan fingerprint density at radius 1 is 1.19 bits per heavy atom. The highest BCUT2D eigenvalue weighted by Gasteiger charge is 2.34. The van der Waals surface area contributed by atoms with Crippen LogP contribution in [0.25, 0.3) is 0 Å². The summed E-state index contributed by atoms with van der Waals surface area (Å²) in [5.41, 5.74) is 0.719. The number of amides is 1. The van der Waals surface area contributed by atoms with Crippen molar-refractivity contribution in [1.82, 2.24) is 0 Å². The molecule has 2 N–H and O–H groups in total. The fourth-order valence-corrected chi connectivity index (χ4v) is 4.12. The number of carbonyl (C=O) groups is 1. The molecule has 0 bridgehead atoms. The number of rotatable bonds is 3. The molecular weight excluding hydrogens is 284 g/mol. The first-order chi connectivity index (χ1) is 10.2. The zero-order chi connectivity index (χ0) is 14.7. The lowest BCUT2D eigenvalue weighted by Gasteiger charge is -2.38. The molecule has 1 heterocycles. The summed E-state index contributed by atoms with van der Waals surface area (Å²) in [5.74, 6) is 1.84. The molecule has 3 rings (SSSR count). The molecule has 114 valence electrons. The molecule has 1 aliphatic carbocycles. The van der Waals surface area contributed by atoms with Crippen LogP contribution in [0.15, 0.2) is 24.3 Å². The molecule has 1 saturated heterocycles. The van der Waals surface area contributed by atoms with E-state index in [9.17, 15) is 4.79 Å². The summed E-state index contributed by atoms with van der Waals surface area (Å²) in [5, 5.41) is 3.54. The van der Waals surface area contributed by atoms with Crippen LogP contribution in [-0.4, -0.2) is 25.5 Å². The Morgan fingerprint density at radius 3 is 2.76 bits per heavy atom. The lowest BCUT2D eigenvalue weighted by Crippen LogP contribution is -3.15. The van der Waals surface area contributed by atoms with Crippen molar-refractivity contribution in [3.63, 3.8) is 0 Å². The number of benzene rings is 1. The quantitative estimate of drug-likeness (QED) is 0.883. The molecule has 21 heavy (non-hydrogen) atoms. The molecular formula is C17H24ClN2O+. The number of likely N-dealkylation sites (tertiary alicyclic amines) is 1. The van der Waals surface area contributed by atoms with Crippen LogP contribution in [0.4, 0.5) is 5.69 Å². The molecule has 2 aliphatic rings. The first-order valence-corrected chi connectivity index (χ1v) is 8.48. The number of quaternary nitrogens is 1. The third-order valence-corrected chi connectivity index (χ3v) is 5.37. The van der Waals surface area contributed by atoms with Crippen molar-refractivity contribution in [1.29, 1.82) is 0 Å². The van der Waals surface area contributed by atoms with Gasteiger partial charge in [0.2, 0.25) is 0 Å². The van der Waals surface area contributed by atoms with Crippen LogP contribution in [0.1, 0.15) is 32.1 Å². The average molecular weight is 308 g/mol. The molecule has 0 spiro atoms. The monoisotopic (exact) mass is 307 g/mol. The Hall–Kier alpha value is -1.06. The first kappa shape index (κ1) is 14.9. The molecule has 0 radical (unpaired) electrons. The van der Waals surface area contributed by atoms with Crippen molar-refractivity contribution in [2.45, 2.75) is 32.1 Å². The van der Waals surface area contributed by atoms with Crippen LogP contribution in [0.2, 0.25) is 5.02 Å². The van der Waals surface area contributed by atoms with Gasteiger partial charge in [-0.1, -0.05) is 36.6 Å². The van der Waals surface area contributed by atoms with E-state index in [1.807, 2.05) is 18.2 Å². The van der Waals surface area contributed by atoms with Gasteiger partial charge in [0, 0.05) is 5.92 Å². The van der Waals surface area contributed by atoms with E-state index in [2.05, 4.69) is 5.32 Å². The summed E-state index contributed by atoms with van der Waals surface area (Å²) in [6, 6.07) is 7.42. The van der Waals surface area contributed by atoms with E-state index in [0.29, 0.717) is 11.6 Å². The minimum absolute atomic E-state index is 0.0763. The van der Waals surface area contributed by atoms with Crippen molar-refractivity contribution in [3.8, 4) is 0 Å². The molecule has 4 heteroatoms. The van der Waals surface area contributed by atoms with E-state index < -0.39 is 0 Å². The minimum atomic E-state index is 0.0763. The zero-order valence-corrected chi connectivity index (χ0v) is 13.2. The molecule has 1 amide bonds. The van der Waals surface area contributed by atoms with Gasteiger partial charge in [0.15, 0.2) is 6.54 Å². The number of para-hydroxylation sites is 1. The van der Waals surface area contributed by atoms with Crippen LogP contribution >= 0.6 is 11.6 Å². The summed E-state index contributed by atoms with van der Waals surface area (Å²) in [6.07, 6.45) is 6.84. The molecule has 3 atom stereocenters. The number of anilines is 1. The number of fused-ring (bicyclic) bond motifs is 1. The SMILES string of the molecule is O=C(C[NH+]1CC[C@@H]2CCCC[C@@H]2C1)Nc1ccccc1Cl. The number of hydrogen-bond acceptors (Lipinski definition) is 1. The summed E-state index contributed by atoms with van der Waals surface area (Å²) in [7, 11) is 0. The molecule has 1 saturated carbocycles. The average Bonchev–Trinajstić information content (AvgIpc) is 2.49. The first-order valence-electron chi connectivity index (χ1n) is 8.10. The summed E-state index contributed by atoms with van der Waals surface area (Å²) in [6.45, 7) is 2.87. The van der Waals surface area contributed by atoms with Gasteiger partial charge in [0.05, 0.1) is 23.8 Å². The van der Waals surface area contributed by atoms with Crippen molar-refractivity contribution in [3.05, 3.63) is 29.3 Å². The van der Waals surface area contributed by atoms with Gasteiger partial charge < -0.3 is 10.2 Å². The summed E-state index contributed by atoms with van der Waals surface area (Å²) >= 11 is 6.08. The van der Waals surface area contributed by atoms with Gasteiger partial charge in [0.25, 0.3) is 5.91 Å². The lowest BCUT2D eigenvalue weighted by molar-refractivity contribution is -0.902. The molecule has 2 fully saturated rings. The van der Waals surface area contributed by atoms with E-state index in [-0.39, 0.29) is 5.91 Å². The van der Waals surface area contributed by atoms with Crippen LogP contribution in [0.3, 0.4) is 0 Å². The fraction of sp³-hybridized carbons (Fsp3) is 0.588. The third kappa shape index (κ3) is 3.78. The van der Waals surface area contributed by atoms with Gasteiger partial charge in [-0.05, 0) is 37.3 Å². The smallest absolute Gasteiger partial charge is 0.279 e. The van der Waals surface area contributed by atoms with Gasteiger partial charge in [-0.15, -0.1) is 0 Å². The fourth-order valence-electron chi connectivity index (χ4n) is 3.94. The number of piperidine rings is 1. The lowest BCUT2D eigenvalue weighted by atomic mass is 9.75. The Kier molecular flexibility index (Phi) is 4.81. The van der Waals surface area contributed by atoms with Crippen molar-refractivity contribution in [2.75, 3.05) is 25.0 Å². The van der Waals surface area contributed by atoms with E-state index in [0.717, 1.165) is 24.1 Å². The number of halogens is 1. The zero-order valence-electron chi connectivity index (χ0n) is 12.4. The predicted octanol–water partition coefficient (Wildman–Crippen LogP) is 2.37. The molecule has 3 nitrogen and oxygen atoms in total. The van der Waals surface area contributed by atoms with Gasteiger partial charge in [-0.2, -0.15) is 0 Å². The van der Waals surface area contributed by atoms with E-state index >= 15 is 0 Å². The van der Waals surface area contributed by atoms with Crippen LogP contribution in [0, 0.1) is 11.8 Å². The van der Waals surface area contributed by atoms with E-state index in [1.54, 1.807) is 6.07 Å². The Bertz CT molecular complexity index is 505. The Labute approximate surface area is 131 Å². The molecule has 0 aromatic heterocycles. The maximum atomic E-state index is 12.2. The summed E-state index contributed by atoms with van der Waals surface area (Å²) < 4.78 is 0. The highest BCUT2D eigenvalue weighted by atomic mass is 35.5. The predicted molar refractivity (Wildman–Crippen MR) is 85.7 cm³/mol. The second kappa shape index (κ2) is 6.80. The Morgan fingerprint density at radius 2 is 1.95 bits per heavy atom. The van der Waals surface area contributed by atoms with Crippen LogP contribution in [0.5, 0.6) is 0 Å². The van der Waals surface area contributed by atoms with E-state index in [1.165, 1.54) is 43.5 Å². The van der Waals surface area contributed by atoms with Crippen LogP contribution < -0.4 is 10.2 Å². The van der Waals surface area contributed by atoms with Crippen molar-refractivity contribution < 1.29 is 9.69 Å². The van der Waals surface area contributed by atoms with Crippen molar-refractivity contribution in [2.24, 2.45) is 11.8 Å².